The molecular weight excluding hydrogens is 420 g/mol. The summed E-state index contributed by atoms with van der Waals surface area (Å²) in [5.74, 6) is 0.987. The van der Waals surface area contributed by atoms with Crippen LogP contribution in [0.15, 0.2) is 78.5 Å². The highest BCUT2D eigenvalue weighted by Gasteiger charge is 2.40. The number of carbonyl (C=O) groups is 2. The molecule has 0 spiro atoms. The fourth-order valence-corrected chi connectivity index (χ4v) is 3.65. The number of hydrogen-bond donors (Lipinski definition) is 1. The van der Waals surface area contributed by atoms with Crippen LogP contribution in [0.2, 0.25) is 0 Å². The summed E-state index contributed by atoms with van der Waals surface area (Å²) in [6.45, 7) is 2.42. The number of amides is 2. The first-order valence-electron chi connectivity index (χ1n) is 10.5. The van der Waals surface area contributed by atoms with Gasteiger partial charge in [-0.2, -0.15) is 0 Å². The zero-order valence-electron chi connectivity index (χ0n) is 18.6. The zero-order valence-corrected chi connectivity index (χ0v) is 18.6. The lowest BCUT2D eigenvalue weighted by Crippen LogP contribution is -2.32. The Morgan fingerprint density at radius 2 is 1.45 bits per heavy atom. The van der Waals surface area contributed by atoms with E-state index in [1.807, 2.05) is 19.1 Å². The number of rotatable bonds is 8. The molecule has 0 aromatic heterocycles. The fraction of sp³-hybridized carbons (Fsp3) is 0.154. The normalized spacial score (nSPS) is 13.4. The second-order valence-electron chi connectivity index (χ2n) is 7.18. The van der Waals surface area contributed by atoms with Crippen LogP contribution in [0.4, 0.5) is 11.4 Å². The van der Waals surface area contributed by atoms with Crippen molar-refractivity contribution in [3.05, 3.63) is 84.1 Å². The minimum Gasteiger partial charge on any atom is -0.497 e. The molecule has 7 heteroatoms. The summed E-state index contributed by atoms with van der Waals surface area (Å²) in [6.07, 6.45) is 0. The Morgan fingerprint density at radius 1 is 0.788 bits per heavy atom. The largest absolute Gasteiger partial charge is 0.497 e. The van der Waals surface area contributed by atoms with E-state index in [9.17, 15) is 9.59 Å². The van der Waals surface area contributed by atoms with E-state index in [2.05, 4.69) is 5.32 Å². The molecule has 3 aromatic rings. The zero-order chi connectivity index (χ0) is 23.4. The van der Waals surface area contributed by atoms with Gasteiger partial charge in [0.25, 0.3) is 11.8 Å². The van der Waals surface area contributed by atoms with Crippen LogP contribution in [0, 0.1) is 0 Å². The van der Waals surface area contributed by atoms with Gasteiger partial charge in [0, 0.05) is 0 Å². The highest BCUT2D eigenvalue weighted by Crippen LogP contribution is 2.36. The maximum atomic E-state index is 13.6. The highest BCUT2D eigenvalue weighted by molar-refractivity contribution is 6.46. The van der Waals surface area contributed by atoms with E-state index in [1.54, 1.807) is 74.9 Å². The molecule has 1 aliphatic heterocycles. The first-order valence-corrected chi connectivity index (χ1v) is 10.5. The van der Waals surface area contributed by atoms with E-state index < -0.39 is 11.8 Å². The summed E-state index contributed by atoms with van der Waals surface area (Å²) >= 11 is 0. The molecule has 1 aliphatic rings. The van der Waals surface area contributed by atoms with Crippen molar-refractivity contribution >= 4 is 28.8 Å². The molecule has 7 nitrogen and oxygen atoms in total. The number of carbonyl (C=O) groups excluding carboxylic acids is 2. The second kappa shape index (κ2) is 9.48. The molecule has 0 radical (unpaired) electrons. The Hall–Kier alpha value is -4.26. The third kappa shape index (κ3) is 4.25. The van der Waals surface area contributed by atoms with Gasteiger partial charge in [-0.25, -0.2) is 4.90 Å². The van der Waals surface area contributed by atoms with Gasteiger partial charge in [-0.05, 0) is 61.0 Å². The van der Waals surface area contributed by atoms with Crippen molar-refractivity contribution in [1.82, 2.24) is 0 Å². The molecule has 0 saturated heterocycles. The van der Waals surface area contributed by atoms with Gasteiger partial charge in [-0.15, -0.1) is 0 Å². The molecule has 1 heterocycles. The third-order valence-electron chi connectivity index (χ3n) is 5.24. The summed E-state index contributed by atoms with van der Waals surface area (Å²) in [5, 5.41) is 3.14. The minimum absolute atomic E-state index is 0.170. The van der Waals surface area contributed by atoms with Crippen LogP contribution in [0.3, 0.4) is 0 Å². The Bertz CT molecular complexity index is 1200. The number of para-hydroxylation sites is 2. The van der Waals surface area contributed by atoms with Gasteiger partial charge in [-0.1, -0.05) is 24.3 Å². The first-order chi connectivity index (χ1) is 16.1. The smallest absolute Gasteiger partial charge is 0.282 e. The molecule has 33 heavy (non-hydrogen) atoms. The number of imide groups is 1. The highest BCUT2D eigenvalue weighted by atomic mass is 16.5. The van der Waals surface area contributed by atoms with Crippen LogP contribution in [0.25, 0.3) is 5.57 Å². The lowest BCUT2D eigenvalue weighted by Gasteiger charge is -2.16. The van der Waals surface area contributed by atoms with E-state index in [-0.39, 0.29) is 11.3 Å². The number of nitrogens with one attached hydrogen (secondary N) is 1. The summed E-state index contributed by atoms with van der Waals surface area (Å²) in [7, 11) is 3.12. The van der Waals surface area contributed by atoms with Gasteiger partial charge < -0.3 is 19.5 Å². The van der Waals surface area contributed by atoms with Crippen LogP contribution in [0.1, 0.15) is 12.5 Å². The molecule has 0 aliphatic carbocycles. The van der Waals surface area contributed by atoms with Gasteiger partial charge in [0.15, 0.2) is 0 Å². The predicted octanol–water partition coefficient (Wildman–Crippen LogP) is 4.50. The number of anilines is 2. The molecule has 1 N–H and O–H groups in total. The van der Waals surface area contributed by atoms with Crippen molar-refractivity contribution in [2.45, 2.75) is 6.92 Å². The molecule has 0 unspecified atom stereocenters. The Balaban J connectivity index is 1.78. The first kappa shape index (κ1) is 22.0. The summed E-state index contributed by atoms with van der Waals surface area (Å²) < 4.78 is 16.1. The molecule has 2 amide bonds. The Kier molecular flexibility index (Phi) is 6.31. The molecule has 0 saturated carbocycles. The number of hydrogen-bond acceptors (Lipinski definition) is 6. The molecule has 168 valence electrons. The molecular formula is C26H24N2O5. The molecule has 0 fully saturated rings. The van der Waals surface area contributed by atoms with Gasteiger partial charge in [0.05, 0.1) is 37.8 Å². The van der Waals surface area contributed by atoms with Crippen molar-refractivity contribution in [2.24, 2.45) is 0 Å². The van der Waals surface area contributed by atoms with Crippen molar-refractivity contribution in [2.75, 3.05) is 31.0 Å². The Labute approximate surface area is 192 Å². The lowest BCUT2D eigenvalue weighted by atomic mass is 10.0. The second-order valence-corrected chi connectivity index (χ2v) is 7.18. The summed E-state index contributed by atoms with van der Waals surface area (Å²) in [4.78, 5) is 28.2. The fourth-order valence-electron chi connectivity index (χ4n) is 3.65. The average Bonchev–Trinajstić information content (AvgIpc) is 3.09. The predicted molar refractivity (Wildman–Crippen MR) is 127 cm³/mol. The average molecular weight is 444 g/mol. The van der Waals surface area contributed by atoms with Crippen molar-refractivity contribution in [1.29, 1.82) is 0 Å². The van der Waals surface area contributed by atoms with Crippen LogP contribution < -0.4 is 24.4 Å². The standard InChI is InChI=1S/C26H24N2O5/c1-4-33-20-15-11-18(12-16-20)28-25(29)23(17-9-13-19(31-2)14-10-17)24(26(28)30)27-21-7-5-6-8-22(21)32-3/h5-16,27H,4H2,1-3H3. The van der Waals surface area contributed by atoms with E-state index in [0.29, 0.717) is 40.8 Å². The maximum Gasteiger partial charge on any atom is 0.282 e. The van der Waals surface area contributed by atoms with Gasteiger partial charge >= 0.3 is 0 Å². The summed E-state index contributed by atoms with van der Waals surface area (Å²) in [5.41, 5.74) is 2.07. The Morgan fingerprint density at radius 3 is 2.09 bits per heavy atom. The SMILES string of the molecule is CCOc1ccc(N2C(=O)C(Nc3ccccc3OC)=C(c3ccc(OC)cc3)C2=O)cc1. The van der Waals surface area contributed by atoms with E-state index in [4.69, 9.17) is 14.2 Å². The molecule has 0 bridgehead atoms. The lowest BCUT2D eigenvalue weighted by molar-refractivity contribution is -0.120. The van der Waals surface area contributed by atoms with E-state index >= 15 is 0 Å². The number of methoxy groups -OCH3 is 2. The van der Waals surface area contributed by atoms with E-state index in [0.717, 1.165) is 4.90 Å². The van der Waals surface area contributed by atoms with Gasteiger partial charge in [0.1, 0.15) is 22.9 Å². The van der Waals surface area contributed by atoms with Crippen LogP contribution in [-0.4, -0.2) is 32.6 Å². The summed E-state index contributed by atoms with van der Waals surface area (Å²) in [6, 6.07) is 21.1. The van der Waals surface area contributed by atoms with Gasteiger partial charge in [0.2, 0.25) is 0 Å². The number of ether oxygens (including phenoxy) is 3. The quantitative estimate of drug-likeness (QED) is 0.516. The van der Waals surface area contributed by atoms with Crippen LogP contribution >= 0.6 is 0 Å². The third-order valence-corrected chi connectivity index (χ3v) is 5.24. The van der Waals surface area contributed by atoms with Crippen molar-refractivity contribution < 1.29 is 23.8 Å². The number of nitrogens with zero attached hydrogens (tertiary/aromatic N) is 1. The molecule has 0 atom stereocenters. The maximum absolute atomic E-state index is 13.6. The van der Waals surface area contributed by atoms with Crippen molar-refractivity contribution in [3.8, 4) is 17.2 Å². The van der Waals surface area contributed by atoms with Crippen molar-refractivity contribution in [3.63, 3.8) is 0 Å². The molecule has 4 rings (SSSR count). The monoisotopic (exact) mass is 444 g/mol. The van der Waals surface area contributed by atoms with Crippen LogP contribution in [-0.2, 0) is 9.59 Å². The minimum atomic E-state index is -0.458. The topological polar surface area (TPSA) is 77.1 Å². The van der Waals surface area contributed by atoms with Gasteiger partial charge in [-0.3, -0.25) is 9.59 Å². The number of benzene rings is 3. The van der Waals surface area contributed by atoms with E-state index in [1.165, 1.54) is 0 Å². The van der Waals surface area contributed by atoms with Crippen LogP contribution in [0.5, 0.6) is 17.2 Å². The molecule has 3 aromatic carbocycles.